The molecule has 2 atom stereocenters. The lowest BCUT2D eigenvalue weighted by molar-refractivity contribution is -0.121. The van der Waals surface area contributed by atoms with Crippen molar-refractivity contribution in [3.63, 3.8) is 0 Å². The van der Waals surface area contributed by atoms with Crippen LogP contribution in [0.1, 0.15) is 51.4 Å². The van der Waals surface area contributed by atoms with Crippen molar-refractivity contribution in [3.8, 4) is 0 Å². The topological polar surface area (TPSA) is 61.4 Å². The van der Waals surface area contributed by atoms with Crippen LogP contribution in [-0.4, -0.2) is 36.2 Å². The van der Waals surface area contributed by atoms with Gasteiger partial charge in [0.25, 0.3) is 0 Å². The lowest BCUT2D eigenvalue weighted by Crippen LogP contribution is -2.42. The SMILES string of the molecule is O=C(CNCC1CCC(O)C1)NC1CCCCC1. The first-order valence-corrected chi connectivity index (χ1v) is 7.42. The third-order valence-corrected chi connectivity index (χ3v) is 4.20. The van der Waals surface area contributed by atoms with Crippen LogP contribution in [0.2, 0.25) is 0 Å². The van der Waals surface area contributed by atoms with E-state index in [1.165, 1.54) is 19.3 Å². The molecule has 0 saturated heterocycles. The van der Waals surface area contributed by atoms with Crippen molar-refractivity contribution >= 4 is 5.91 Å². The Hall–Kier alpha value is -0.610. The number of aliphatic hydroxyl groups excluding tert-OH is 1. The van der Waals surface area contributed by atoms with Gasteiger partial charge in [-0.3, -0.25) is 4.79 Å². The second-order valence-corrected chi connectivity index (χ2v) is 5.87. The molecule has 3 N–H and O–H groups in total. The van der Waals surface area contributed by atoms with E-state index < -0.39 is 0 Å². The number of amides is 1. The van der Waals surface area contributed by atoms with E-state index in [9.17, 15) is 9.90 Å². The van der Waals surface area contributed by atoms with Gasteiger partial charge in [-0.1, -0.05) is 19.3 Å². The number of aliphatic hydroxyl groups is 1. The molecule has 2 unspecified atom stereocenters. The fraction of sp³-hybridized carbons (Fsp3) is 0.929. The Kier molecular flexibility index (Phi) is 5.45. The van der Waals surface area contributed by atoms with Gasteiger partial charge in [-0.2, -0.15) is 0 Å². The number of rotatable bonds is 5. The molecule has 18 heavy (non-hydrogen) atoms. The summed E-state index contributed by atoms with van der Waals surface area (Å²) in [6, 6.07) is 0.404. The molecule has 0 aliphatic heterocycles. The van der Waals surface area contributed by atoms with Crippen LogP contribution in [0.4, 0.5) is 0 Å². The average Bonchev–Trinajstić information content (AvgIpc) is 2.76. The van der Waals surface area contributed by atoms with Crippen molar-refractivity contribution in [2.75, 3.05) is 13.1 Å². The molecular weight excluding hydrogens is 228 g/mol. The van der Waals surface area contributed by atoms with E-state index in [4.69, 9.17) is 0 Å². The van der Waals surface area contributed by atoms with E-state index in [-0.39, 0.29) is 12.0 Å². The molecule has 1 amide bonds. The van der Waals surface area contributed by atoms with Gasteiger partial charge in [0.15, 0.2) is 0 Å². The van der Waals surface area contributed by atoms with E-state index in [0.717, 1.165) is 38.6 Å². The summed E-state index contributed by atoms with van der Waals surface area (Å²) < 4.78 is 0. The average molecular weight is 254 g/mol. The Bertz CT molecular complexity index is 265. The van der Waals surface area contributed by atoms with E-state index in [0.29, 0.717) is 18.5 Å². The fourth-order valence-electron chi connectivity index (χ4n) is 3.15. The summed E-state index contributed by atoms with van der Waals surface area (Å²) >= 11 is 0. The van der Waals surface area contributed by atoms with Gasteiger partial charge in [-0.15, -0.1) is 0 Å². The van der Waals surface area contributed by atoms with Crippen LogP contribution in [0.15, 0.2) is 0 Å². The van der Waals surface area contributed by atoms with Crippen molar-refractivity contribution in [2.45, 2.75) is 63.5 Å². The van der Waals surface area contributed by atoms with Gasteiger partial charge in [0.1, 0.15) is 0 Å². The van der Waals surface area contributed by atoms with Gasteiger partial charge >= 0.3 is 0 Å². The van der Waals surface area contributed by atoms with Gasteiger partial charge in [-0.05, 0) is 44.6 Å². The molecule has 2 aliphatic carbocycles. The zero-order valence-corrected chi connectivity index (χ0v) is 11.2. The Labute approximate surface area is 110 Å². The molecule has 4 nitrogen and oxygen atoms in total. The predicted octanol–water partition coefficient (Wildman–Crippen LogP) is 1.19. The highest BCUT2D eigenvalue weighted by molar-refractivity contribution is 5.78. The van der Waals surface area contributed by atoms with E-state index >= 15 is 0 Å². The summed E-state index contributed by atoms with van der Waals surface area (Å²) in [7, 11) is 0. The Balaban J connectivity index is 1.54. The summed E-state index contributed by atoms with van der Waals surface area (Å²) in [5.41, 5.74) is 0. The third kappa shape index (κ3) is 4.58. The lowest BCUT2D eigenvalue weighted by atomic mass is 9.95. The van der Waals surface area contributed by atoms with Crippen LogP contribution in [-0.2, 0) is 4.79 Å². The number of hydrogen-bond acceptors (Lipinski definition) is 3. The van der Waals surface area contributed by atoms with E-state index in [1.54, 1.807) is 0 Å². The maximum atomic E-state index is 11.7. The molecule has 4 heteroatoms. The van der Waals surface area contributed by atoms with Crippen LogP contribution >= 0.6 is 0 Å². The number of carbonyl (C=O) groups is 1. The summed E-state index contributed by atoms with van der Waals surface area (Å²) in [4.78, 5) is 11.7. The van der Waals surface area contributed by atoms with Crippen molar-refractivity contribution < 1.29 is 9.90 Å². The highest BCUT2D eigenvalue weighted by atomic mass is 16.3. The quantitative estimate of drug-likeness (QED) is 0.690. The van der Waals surface area contributed by atoms with Crippen LogP contribution < -0.4 is 10.6 Å². The molecule has 0 aromatic carbocycles. The van der Waals surface area contributed by atoms with Crippen molar-refractivity contribution in [3.05, 3.63) is 0 Å². The molecule has 0 radical (unpaired) electrons. The van der Waals surface area contributed by atoms with Gasteiger partial charge < -0.3 is 15.7 Å². The normalized spacial score (nSPS) is 29.4. The zero-order chi connectivity index (χ0) is 12.8. The lowest BCUT2D eigenvalue weighted by Gasteiger charge is -2.23. The highest BCUT2D eigenvalue weighted by Crippen LogP contribution is 2.24. The highest BCUT2D eigenvalue weighted by Gasteiger charge is 2.22. The minimum absolute atomic E-state index is 0.118. The molecule has 104 valence electrons. The summed E-state index contributed by atoms with van der Waals surface area (Å²) in [5, 5.41) is 15.7. The zero-order valence-electron chi connectivity index (χ0n) is 11.2. The van der Waals surface area contributed by atoms with Crippen molar-refractivity contribution in [2.24, 2.45) is 5.92 Å². The first-order chi connectivity index (χ1) is 8.74. The summed E-state index contributed by atoms with van der Waals surface area (Å²) in [6.07, 6.45) is 8.86. The summed E-state index contributed by atoms with van der Waals surface area (Å²) in [5.74, 6) is 0.669. The third-order valence-electron chi connectivity index (χ3n) is 4.20. The van der Waals surface area contributed by atoms with Crippen LogP contribution in [0.25, 0.3) is 0 Å². The maximum absolute atomic E-state index is 11.7. The summed E-state index contributed by atoms with van der Waals surface area (Å²) in [6.45, 7) is 1.28. The van der Waals surface area contributed by atoms with Gasteiger partial charge in [0, 0.05) is 6.04 Å². The minimum atomic E-state index is -0.118. The van der Waals surface area contributed by atoms with E-state index in [1.807, 2.05) is 0 Å². The molecule has 2 fully saturated rings. The monoisotopic (exact) mass is 254 g/mol. The predicted molar refractivity (Wildman–Crippen MR) is 71.2 cm³/mol. The standard InChI is InChI=1S/C14H26N2O2/c17-13-7-6-11(8-13)9-15-10-14(18)16-12-4-2-1-3-5-12/h11-13,15,17H,1-10H2,(H,16,18). The fourth-order valence-corrected chi connectivity index (χ4v) is 3.15. The number of nitrogens with one attached hydrogen (secondary N) is 2. The Morgan fingerprint density at radius 3 is 2.56 bits per heavy atom. The maximum Gasteiger partial charge on any atom is 0.234 e. The van der Waals surface area contributed by atoms with Crippen LogP contribution in [0.5, 0.6) is 0 Å². The molecule has 0 aromatic heterocycles. The van der Waals surface area contributed by atoms with E-state index in [2.05, 4.69) is 10.6 Å². The van der Waals surface area contributed by atoms with Gasteiger partial charge in [0.2, 0.25) is 5.91 Å². The Morgan fingerprint density at radius 2 is 1.89 bits per heavy atom. The van der Waals surface area contributed by atoms with Gasteiger partial charge in [-0.25, -0.2) is 0 Å². The first kappa shape index (κ1) is 13.8. The smallest absolute Gasteiger partial charge is 0.234 e. The molecule has 2 rings (SSSR count). The van der Waals surface area contributed by atoms with Crippen molar-refractivity contribution in [1.82, 2.24) is 10.6 Å². The van der Waals surface area contributed by atoms with Gasteiger partial charge in [0.05, 0.1) is 12.6 Å². The molecule has 0 spiro atoms. The molecule has 2 aliphatic rings. The molecular formula is C14H26N2O2. The van der Waals surface area contributed by atoms with Crippen LogP contribution in [0.3, 0.4) is 0 Å². The largest absolute Gasteiger partial charge is 0.393 e. The molecule has 0 bridgehead atoms. The molecule has 0 heterocycles. The first-order valence-electron chi connectivity index (χ1n) is 7.42. The molecule has 0 aromatic rings. The Morgan fingerprint density at radius 1 is 1.11 bits per heavy atom. The second-order valence-electron chi connectivity index (χ2n) is 5.87. The number of carbonyl (C=O) groups excluding carboxylic acids is 1. The minimum Gasteiger partial charge on any atom is -0.393 e. The second kappa shape index (κ2) is 7.10. The molecule has 2 saturated carbocycles. The van der Waals surface area contributed by atoms with Crippen molar-refractivity contribution in [1.29, 1.82) is 0 Å². The van der Waals surface area contributed by atoms with Crippen LogP contribution in [0, 0.1) is 5.92 Å². The number of hydrogen-bond donors (Lipinski definition) is 3.